The van der Waals surface area contributed by atoms with Crippen molar-refractivity contribution < 1.29 is 0 Å². The lowest BCUT2D eigenvalue weighted by molar-refractivity contribution is 0.747. The third-order valence-corrected chi connectivity index (χ3v) is 3.00. The van der Waals surface area contributed by atoms with E-state index in [-0.39, 0.29) is 0 Å². The van der Waals surface area contributed by atoms with Gasteiger partial charge in [-0.1, -0.05) is 41.9 Å². The number of rotatable bonds is 4. The van der Waals surface area contributed by atoms with Gasteiger partial charge in [0.1, 0.15) is 17.3 Å². The molecule has 0 radical (unpaired) electrons. The quantitative estimate of drug-likeness (QED) is 0.750. The number of halogens is 1. The number of hydrogen-bond acceptors (Lipinski definition) is 5. The number of anilines is 1. The summed E-state index contributed by atoms with van der Waals surface area (Å²) in [7, 11) is 1.82. The number of hydrogen-bond donors (Lipinski definition) is 1. The summed E-state index contributed by atoms with van der Waals surface area (Å²) in [6.07, 6.45) is 1.65. The molecule has 0 bridgehead atoms. The summed E-state index contributed by atoms with van der Waals surface area (Å²) in [5, 5.41) is 7.74. The van der Waals surface area contributed by atoms with Crippen LogP contribution in [0, 0.1) is 0 Å². The van der Waals surface area contributed by atoms with E-state index in [0.717, 1.165) is 5.56 Å². The highest BCUT2D eigenvalue weighted by molar-refractivity contribution is 6.29. The van der Waals surface area contributed by atoms with Gasteiger partial charge in [-0.2, -0.15) is 5.10 Å². The highest BCUT2D eigenvalue weighted by Gasteiger charge is 2.06. The van der Waals surface area contributed by atoms with Crippen LogP contribution in [0.2, 0.25) is 5.15 Å². The van der Waals surface area contributed by atoms with E-state index in [4.69, 9.17) is 11.6 Å². The average Bonchev–Trinajstić information content (AvgIpc) is 2.91. The molecule has 7 heteroatoms. The van der Waals surface area contributed by atoms with Gasteiger partial charge in [0.2, 0.25) is 0 Å². The molecular weight excluding hydrogens is 288 g/mol. The molecule has 0 spiro atoms. The zero-order valence-electron chi connectivity index (χ0n) is 11.4. The SMILES string of the molecule is Cn1cnc(CNc2cc(Cl)nc(-c3ccccc3)n2)n1. The summed E-state index contributed by atoms with van der Waals surface area (Å²) in [4.78, 5) is 12.8. The summed E-state index contributed by atoms with van der Waals surface area (Å²) in [5.41, 5.74) is 0.916. The van der Waals surface area contributed by atoms with Gasteiger partial charge in [-0.3, -0.25) is 4.68 Å². The lowest BCUT2D eigenvalue weighted by Gasteiger charge is -2.06. The molecule has 6 nitrogen and oxygen atoms in total. The number of nitrogens with zero attached hydrogens (tertiary/aromatic N) is 5. The lowest BCUT2D eigenvalue weighted by atomic mass is 10.2. The Morgan fingerprint density at radius 2 is 2.00 bits per heavy atom. The Morgan fingerprint density at radius 1 is 1.19 bits per heavy atom. The topological polar surface area (TPSA) is 68.5 Å². The van der Waals surface area contributed by atoms with Crippen molar-refractivity contribution in [2.45, 2.75) is 6.54 Å². The van der Waals surface area contributed by atoms with Crippen LogP contribution in [0.25, 0.3) is 11.4 Å². The largest absolute Gasteiger partial charge is 0.363 e. The molecule has 0 amide bonds. The number of aryl methyl sites for hydroxylation is 1. The Balaban J connectivity index is 1.81. The second kappa shape index (κ2) is 5.88. The fraction of sp³-hybridized carbons (Fsp3) is 0.143. The highest BCUT2D eigenvalue weighted by atomic mass is 35.5. The molecule has 2 aromatic heterocycles. The Bertz CT molecular complexity index is 740. The first-order valence-electron chi connectivity index (χ1n) is 6.39. The first kappa shape index (κ1) is 13.5. The molecule has 106 valence electrons. The average molecular weight is 301 g/mol. The van der Waals surface area contributed by atoms with Crippen LogP contribution in [0.15, 0.2) is 42.7 Å². The van der Waals surface area contributed by atoms with Gasteiger partial charge in [0.25, 0.3) is 0 Å². The van der Waals surface area contributed by atoms with E-state index in [1.54, 1.807) is 17.1 Å². The predicted molar refractivity (Wildman–Crippen MR) is 80.8 cm³/mol. The molecule has 0 saturated carbocycles. The summed E-state index contributed by atoms with van der Waals surface area (Å²) in [5.74, 6) is 1.91. The molecule has 0 aliphatic rings. The van der Waals surface area contributed by atoms with Gasteiger partial charge in [-0.25, -0.2) is 15.0 Å². The Hall–Kier alpha value is -2.47. The smallest absolute Gasteiger partial charge is 0.169 e. The van der Waals surface area contributed by atoms with Gasteiger partial charge in [0, 0.05) is 18.7 Å². The molecule has 0 unspecified atom stereocenters. The minimum Gasteiger partial charge on any atom is -0.363 e. The minimum atomic E-state index is 0.389. The molecule has 1 aromatic carbocycles. The van der Waals surface area contributed by atoms with Crippen LogP contribution in [0.3, 0.4) is 0 Å². The maximum Gasteiger partial charge on any atom is 0.169 e. The molecule has 0 aliphatic carbocycles. The molecule has 3 aromatic rings. The van der Waals surface area contributed by atoms with Crippen LogP contribution < -0.4 is 5.32 Å². The zero-order chi connectivity index (χ0) is 14.7. The van der Waals surface area contributed by atoms with Crippen molar-refractivity contribution in [3.63, 3.8) is 0 Å². The van der Waals surface area contributed by atoms with E-state index in [0.29, 0.717) is 29.2 Å². The fourth-order valence-corrected chi connectivity index (χ4v) is 2.04. The van der Waals surface area contributed by atoms with Crippen molar-refractivity contribution in [2.24, 2.45) is 7.05 Å². The van der Waals surface area contributed by atoms with E-state index >= 15 is 0 Å². The third-order valence-electron chi connectivity index (χ3n) is 2.80. The van der Waals surface area contributed by atoms with Gasteiger partial charge in [0.05, 0.1) is 6.54 Å². The van der Waals surface area contributed by atoms with Crippen LogP contribution >= 0.6 is 11.6 Å². The molecule has 0 fully saturated rings. The summed E-state index contributed by atoms with van der Waals surface area (Å²) >= 11 is 6.06. The standard InChI is InChI=1S/C14H13ClN6/c1-21-9-17-13(20-21)8-16-12-7-11(15)18-14(19-12)10-5-3-2-4-6-10/h2-7,9H,8H2,1H3,(H,16,18,19). The van der Waals surface area contributed by atoms with Crippen molar-refractivity contribution in [1.82, 2.24) is 24.7 Å². The van der Waals surface area contributed by atoms with Crippen molar-refractivity contribution in [3.8, 4) is 11.4 Å². The van der Waals surface area contributed by atoms with Gasteiger partial charge in [-0.15, -0.1) is 0 Å². The van der Waals surface area contributed by atoms with Crippen molar-refractivity contribution >= 4 is 17.4 Å². The first-order chi connectivity index (χ1) is 10.2. The Morgan fingerprint density at radius 3 is 2.71 bits per heavy atom. The van der Waals surface area contributed by atoms with Gasteiger partial charge >= 0.3 is 0 Å². The molecule has 21 heavy (non-hydrogen) atoms. The van der Waals surface area contributed by atoms with Crippen molar-refractivity contribution in [2.75, 3.05) is 5.32 Å². The monoisotopic (exact) mass is 300 g/mol. The van der Waals surface area contributed by atoms with Crippen LogP contribution in [0.5, 0.6) is 0 Å². The van der Waals surface area contributed by atoms with E-state index in [1.807, 2.05) is 37.4 Å². The Kier molecular flexibility index (Phi) is 3.79. The van der Waals surface area contributed by atoms with E-state index < -0.39 is 0 Å². The molecule has 1 N–H and O–H groups in total. The molecular formula is C14H13ClN6. The molecule has 0 saturated heterocycles. The zero-order valence-corrected chi connectivity index (χ0v) is 12.1. The van der Waals surface area contributed by atoms with E-state index in [1.165, 1.54) is 0 Å². The lowest BCUT2D eigenvalue weighted by Crippen LogP contribution is -2.05. The molecule has 0 atom stereocenters. The van der Waals surface area contributed by atoms with Crippen LogP contribution in [-0.4, -0.2) is 24.7 Å². The molecule has 3 rings (SSSR count). The van der Waals surface area contributed by atoms with Crippen LogP contribution in [0.4, 0.5) is 5.82 Å². The number of nitrogens with one attached hydrogen (secondary N) is 1. The minimum absolute atomic E-state index is 0.389. The van der Waals surface area contributed by atoms with Crippen LogP contribution in [0.1, 0.15) is 5.82 Å². The highest BCUT2D eigenvalue weighted by Crippen LogP contribution is 2.20. The molecule has 2 heterocycles. The van der Waals surface area contributed by atoms with Crippen LogP contribution in [-0.2, 0) is 13.6 Å². The fourth-order valence-electron chi connectivity index (χ4n) is 1.86. The second-order valence-corrected chi connectivity index (χ2v) is 4.84. The maximum atomic E-state index is 6.06. The second-order valence-electron chi connectivity index (χ2n) is 4.45. The number of benzene rings is 1. The summed E-state index contributed by atoms with van der Waals surface area (Å²) < 4.78 is 1.65. The van der Waals surface area contributed by atoms with E-state index in [9.17, 15) is 0 Å². The Labute approximate surface area is 126 Å². The van der Waals surface area contributed by atoms with Gasteiger partial charge < -0.3 is 5.32 Å². The summed E-state index contributed by atoms with van der Waals surface area (Å²) in [6, 6.07) is 11.4. The number of aromatic nitrogens is 5. The summed E-state index contributed by atoms with van der Waals surface area (Å²) in [6.45, 7) is 0.475. The predicted octanol–water partition coefficient (Wildman–Crippen LogP) is 2.54. The third kappa shape index (κ3) is 3.35. The van der Waals surface area contributed by atoms with Gasteiger partial charge in [0.15, 0.2) is 11.6 Å². The molecule has 0 aliphatic heterocycles. The first-order valence-corrected chi connectivity index (χ1v) is 6.77. The van der Waals surface area contributed by atoms with Gasteiger partial charge in [-0.05, 0) is 0 Å². The normalized spacial score (nSPS) is 10.6. The van der Waals surface area contributed by atoms with E-state index in [2.05, 4.69) is 25.4 Å². The van der Waals surface area contributed by atoms with Crippen molar-refractivity contribution in [1.29, 1.82) is 0 Å². The van der Waals surface area contributed by atoms with Crippen molar-refractivity contribution in [3.05, 3.63) is 53.7 Å². The maximum absolute atomic E-state index is 6.06.